The molecule has 3 aliphatic rings. The number of ketones is 3. The Morgan fingerprint density at radius 2 is 1.84 bits per heavy atom. The van der Waals surface area contributed by atoms with Crippen molar-refractivity contribution in [3.63, 3.8) is 0 Å². The van der Waals surface area contributed by atoms with E-state index < -0.39 is 95.7 Å². The number of fused-ring (bicyclic) bond motifs is 3. The molecule has 1 aliphatic heterocycles. The Kier molecular flexibility index (Phi) is 6.41. The van der Waals surface area contributed by atoms with E-state index in [0.29, 0.717) is 5.56 Å². The van der Waals surface area contributed by atoms with Crippen LogP contribution in [0.1, 0.15) is 74.4 Å². The number of rotatable bonds is 4. The topological polar surface area (TPSA) is 197 Å². The normalized spacial score (nSPS) is 30.4. The van der Waals surface area contributed by atoms with Crippen LogP contribution in [0.25, 0.3) is 0 Å². The van der Waals surface area contributed by atoms with Crippen LogP contribution in [0.5, 0.6) is 11.5 Å². The molecule has 202 valence electrons. The molecule has 7 N–H and O–H groups in total. The number of hydrogen-bond acceptors (Lipinski definition) is 11. The van der Waals surface area contributed by atoms with Gasteiger partial charge in [0.2, 0.25) is 0 Å². The highest BCUT2D eigenvalue weighted by Gasteiger charge is 2.50. The molecule has 6 atom stereocenters. The van der Waals surface area contributed by atoms with E-state index in [4.69, 9.17) is 15.2 Å². The maximum atomic E-state index is 13.6. The standard InChI is InChI=1S/C27H29NO10/c1-10-4-3-5-12-18(10)25(34)21-20(23(12)32)24(33)13-7-27(36,16(30)9-29)8-15(19(13)26(21)35)38-17-6-14(28)22(31)11(2)37-17/h3-5,11,14-15,17,22,29,31,33,35-36H,6-9,28H2,1-2H3/t11?,14?,15?,17?,22?,27-/m0/s1. The lowest BCUT2D eigenvalue weighted by atomic mass is 9.71. The average molecular weight is 528 g/mol. The summed E-state index contributed by atoms with van der Waals surface area (Å²) in [6, 6.07) is 3.97. The van der Waals surface area contributed by atoms with Crippen LogP contribution in [-0.2, 0) is 20.7 Å². The van der Waals surface area contributed by atoms with Gasteiger partial charge >= 0.3 is 0 Å². The molecule has 1 fully saturated rings. The maximum absolute atomic E-state index is 13.6. The van der Waals surface area contributed by atoms with Crippen molar-refractivity contribution < 1.29 is 49.4 Å². The lowest BCUT2D eigenvalue weighted by Gasteiger charge is -2.42. The van der Waals surface area contributed by atoms with Crippen LogP contribution in [0.4, 0.5) is 0 Å². The van der Waals surface area contributed by atoms with Gasteiger partial charge in [0, 0.05) is 47.6 Å². The number of phenols is 2. The number of Topliss-reactive ketones (excluding diaryl/α,β-unsaturated/α-hetero) is 1. The molecular formula is C27H29NO10. The van der Waals surface area contributed by atoms with Gasteiger partial charge in [0.05, 0.1) is 29.4 Å². The summed E-state index contributed by atoms with van der Waals surface area (Å²) in [6.07, 6.45) is -4.98. The quantitative estimate of drug-likeness (QED) is 0.255. The van der Waals surface area contributed by atoms with Gasteiger partial charge in [0.1, 0.15) is 23.7 Å². The van der Waals surface area contributed by atoms with E-state index in [1.165, 1.54) is 6.07 Å². The minimum absolute atomic E-state index is 0.0331. The number of aliphatic hydroxyl groups is 3. The molecule has 5 rings (SSSR count). The van der Waals surface area contributed by atoms with Crippen LogP contribution in [-0.4, -0.2) is 79.6 Å². The number of hydrogen-bond donors (Lipinski definition) is 6. The molecule has 2 aromatic rings. The Labute approximate surface area is 217 Å². The number of aromatic hydroxyl groups is 2. The monoisotopic (exact) mass is 527 g/mol. The summed E-state index contributed by atoms with van der Waals surface area (Å²) >= 11 is 0. The summed E-state index contributed by atoms with van der Waals surface area (Å²) in [5.41, 5.74) is 3.38. The van der Waals surface area contributed by atoms with Gasteiger partial charge < -0.3 is 40.7 Å². The molecule has 0 amide bonds. The zero-order valence-corrected chi connectivity index (χ0v) is 20.8. The van der Waals surface area contributed by atoms with Crippen LogP contribution in [0.2, 0.25) is 0 Å². The molecule has 38 heavy (non-hydrogen) atoms. The molecule has 0 radical (unpaired) electrons. The minimum atomic E-state index is -2.22. The van der Waals surface area contributed by atoms with Gasteiger partial charge in [0.25, 0.3) is 0 Å². The smallest absolute Gasteiger partial charge is 0.198 e. The largest absolute Gasteiger partial charge is 0.507 e. The predicted molar refractivity (Wildman–Crippen MR) is 130 cm³/mol. The zero-order chi connectivity index (χ0) is 27.7. The number of aliphatic hydroxyl groups excluding tert-OH is 2. The second-order valence-electron chi connectivity index (χ2n) is 10.3. The maximum Gasteiger partial charge on any atom is 0.198 e. The Morgan fingerprint density at radius 1 is 1.16 bits per heavy atom. The summed E-state index contributed by atoms with van der Waals surface area (Å²) in [5, 5.41) is 53.6. The second-order valence-corrected chi connectivity index (χ2v) is 10.3. The van der Waals surface area contributed by atoms with Gasteiger partial charge in [-0.15, -0.1) is 0 Å². The first-order valence-corrected chi connectivity index (χ1v) is 12.3. The van der Waals surface area contributed by atoms with Gasteiger partial charge in [0.15, 0.2) is 23.6 Å². The average Bonchev–Trinajstić information content (AvgIpc) is 2.86. The van der Waals surface area contributed by atoms with E-state index in [-0.39, 0.29) is 28.7 Å². The van der Waals surface area contributed by atoms with Gasteiger partial charge in [-0.2, -0.15) is 0 Å². The Balaban J connectivity index is 1.68. The summed E-state index contributed by atoms with van der Waals surface area (Å²) < 4.78 is 11.7. The van der Waals surface area contributed by atoms with Gasteiger partial charge in [-0.1, -0.05) is 18.2 Å². The molecular weight excluding hydrogens is 498 g/mol. The SMILES string of the molecule is Cc1cccc2c1C(=O)c1c(O)c3c(c(O)c1C2=O)C[C@@](O)(C(=O)CO)CC3OC1CC(N)C(O)C(C)O1. The van der Waals surface area contributed by atoms with E-state index in [0.717, 1.165) is 0 Å². The lowest BCUT2D eigenvalue weighted by Crippen LogP contribution is -2.53. The molecule has 0 saturated carbocycles. The van der Waals surface area contributed by atoms with Gasteiger partial charge in [-0.05, 0) is 19.4 Å². The van der Waals surface area contributed by atoms with Crippen molar-refractivity contribution in [1.29, 1.82) is 0 Å². The van der Waals surface area contributed by atoms with Crippen molar-refractivity contribution in [3.8, 4) is 11.5 Å². The number of aryl methyl sites for hydroxylation is 1. The fraction of sp³-hybridized carbons (Fsp3) is 0.444. The summed E-state index contributed by atoms with van der Waals surface area (Å²) in [6.45, 7) is 2.23. The first kappa shape index (κ1) is 26.4. The first-order valence-electron chi connectivity index (χ1n) is 12.3. The van der Waals surface area contributed by atoms with E-state index >= 15 is 0 Å². The van der Waals surface area contributed by atoms with E-state index in [2.05, 4.69) is 0 Å². The number of ether oxygens (including phenoxy) is 2. The Morgan fingerprint density at radius 3 is 2.50 bits per heavy atom. The third-order valence-corrected chi connectivity index (χ3v) is 7.83. The molecule has 5 unspecified atom stereocenters. The number of carbonyl (C=O) groups is 3. The van der Waals surface area contributed by atoms with E-state index in [1.807, 2.05) is 0 Å². The lowest BCUT2D eigenvalue weighted by molar-refractivity contribution is -0.247. The zero-order valence-electron chi connectivity index (χ0n) is 20.8. The van der Waals surface area contributed by atoms with E-state index in [1.54, 1.807) is 26.0 Å². The van der Waals surface area contributed by atoms with Crippen molar-refractivity contribution in [1.82, 2.24) is 0 Å². The van der Waals surface area contributed by atoms with Crippen molar-refractivity contribution in [2.75, 3.05) is 6.61 Å². The molecule has 0 spiro atoms. The number of benzene rings is 2. The summed E-state index contributed by atoms with van der Waals surface area (Å²) in [4.78, 5) is 39.6. The van der Waals surface area contributed by atoms with Crippen molar-refractivity contribution in [2.24, 2.45) is 5.73 Å². The highest BCUT2D eigenvalue weighted by atomic mass is 16.7. The van der Waals surface area contributed by atoms with E-state index in [9.17, 15) is 39.9 Å². The van der Waals surface area contributed by atoms with Crippen molar-refractivity contribution in [3.05, 3.63) is 57.1 Å². The third kappa shape index (κ3) is 3.85. The first-order chi connectivity index (χ1) is 17.9. The highest BCUT2D eigenvalue weighted by Crippen LogP contribution is 2.52. The molecule has 1 saturated heterocycles. The van der Waals surface area contributed by atoms with Gasteiger partial charge in [-0.3, -0.25) is 14.4 Å². The number of nitrogens with two attached hydrogens (primary N) is 1. The van der Waals surface area contributed by atoms with Crippen LogP contribution in [0.15, 0.2) is 18.2 Å². The third-order valence-electron chi connectivity index (χ3n) is 7.83. The fourth-order valence-electron chi connectivity index (χ4n) is 5.78. The molecule has 2 aliphatic carbocycles. The molecule has 0 aromatic heterocycles. The molecule has 0 bridgehead atoms. The van der Waals surface area contributed by atoms with Crippen LogP contribution in [0.3, 0.4) is 0 Å². The molecule has 11 nitrogen and oxygen atoms in total. The molecule has 11 heteroatoms. The predicted octanol–water partition coefficient (Wildman–Crippen LogP) is 0.301. The van der Waals surface area contributed by atoms with Crippen LogP contribution >= 0.6 is 0 Å². The van der Waals surface area contributed by atoms with Crippen molar-refractivity contribution in [2.45, 2.75) is 69.4 Å². The fourth-order valence-corrected chi connectivity index (χ4v) is 5.78. The van der Waals surface area contributed by atoms with Crippen molar-refractivity contribution >= 4 is 17.3 Å². The summed E-state index contributed by atoms with van der Waals surface area (Å²) in [7, 11) is 0. The summed E-state index contributed by atoms with van der Waals surface area (Å²) in [5.74, 6) is -3.60. The Hall–Kier alpha value is -3.19. The van der Waals surface area contributed by atoms with Crippen LogP contribution < -0.4 is 5.73 Å². The number of phenolic OH excluding ortho intramolecular Hbond substituents is 2. The number of carbonyl (C=O) groups excluding carboxylic acids is 3. The van der Waals surface area contributed by atoms with Crippen LogP contribution in [0, 0.1) is 6.92 Å². The molecule has 2 aromatic carbocycles. The molecule has 1 heterocycles. The Bertz CT molecular complexity index is 1360. The minimum Gasteiger partial charge on any atom is -0.507 e. The second kappa shape index (κ2) is 9.23. The highest BCUT2D eigenvalue weighted by molar-refractivity contribution is 6.31. The van der Waals surface area contributed by atoms with Gasteiger partial charge in [-0.25, -0.2) is 0 Å².